The van der Waals surface area contributed by atoms with Crippen LogP contribution in [0.25, 0.3) is 0 Å². The molecule has 0 spiro atoms. The third kappa shape index (κ3) is 2.68. The Morgan fingerprint density at radius 2 is 1.73 bits per heavy atom. The average Bonchev–Trinajstić information content (AvgIpc) is 2.00. The summed E-state index contributed by atoms with van der Waals surface area (Å²) >= 11 is 0. The number of aryl methyl sites for hydroxylation is 1. The van der Waals surface area contributed by atoms with Crippen molar-refractivity contribution in [3.05, 3.63) is 29.1 Å². The lowest BCUT2D eigenvalue weighted by atomic mass is 9.98. The summed E-state index contributed by atoms with van der Waals surface area (Å²) in [5.41, 5.74) is -2.38. The van der Waals surface area contributed by atoms with E-state index in [0.29, 0.717) is 5.69 Å². The summed E-state index contributed by atoms with van der Waals surface area (Å²) in [7, 11) is 0. The molecule has 5 heteroatoms. The summed E-state index contributed by atoms with van der Waals surface area (Å²) in [6.45, 7) is 4.14. The van der Waals surface area contributed by atoms with Crippen LogP contribution in [-0.4, -0.2) is 10.1 Å². The molecule has 0 aliphatic rings. The summed E-state index contributed by atoms with van der Waals surface area (Å²) < 4.78 is 37.7. The van der Waals surface area contributed by atoms with Crippen LogP contribution in [-0.2, 0) is 11.8 Å². The molecule has 15 heavy (non-hydrogen) atoms. The van der Waals surface area contributed by atoms with Crippen molar-refractivity contribution in [3.8, 4) is 0 Å². The molecule has 0 unspecified atom stereocenters. The second kappa shape index (κ2) is 3.48. The van der Waals surface area contributed by atoms with Gasteiger partial charge in [0, 0.05) is 5.69 Å². The number of nitrogens with zero attached hydrogens (tertiary/aromatic N) is 1. The maximum absolute atomic E-state index is 12.6. The van der Waals surface area contributed by atoms with Crippen LogP contribution in [0.5, 0.6) is 0 Å². The minimum atomic E-state index is -4.49. The highest BCUT2D eigenvalue weighted by Crippen LogP contribution is 2.35. The molecule has 84 valence electrons. The van der Waals surface area contributed by atoms with E-state index >= 15 is 0 Å². The van der Waals surface area contributed by atoms with Crippen molar-refractivity contribution in [1.82, 2.24) is 4.98 Å². The van der Waals surface area contributed by atoms with Gasteiger partial charge >= 0.3 is 6.18 Å². The first-order chi connectivity index (χ1) is 6.62. The maximum atomic E-state index is 12.6. The lowest BCUT2D eigenvalue weighted by molar-refractivity contribution is -0.140. The third-order valence-electron chi connectivity index (χ3n) is 1.92. The lowest BCUT2D eigenvalue weighted by Crippen LogP contribution is -2.24. The van der Waals surface area contributed by atoms with Gasteiger partial charge in [-0.2, -0.15) is 13.2 Å². The van der Waals surface area contributed by atoms with Crippen molar-refractivity contribution < 1.29 is 18.3 Å². The minimum absolute atomic E-state index is 0.338. The van der Waals surface area contributed by atoms with Gasteiger partial charge in [-0.3, -0.25) is 4.98 Å². The topological polar surface area (TPSA) is 33.1 Å². The highest BCUT2D eigenvalue weighted by atomic mass is 19.4. The Bertz CT molecular complexity index is 366. The molecule has 1 N–H and O–H groups in total. The Kier molecular flexibility index (Phi) is 2.78. The van der Waals surface area contributed by atoms with Gasteiger partial charge in [0.2, 0.25) is 0 Å². The molecule has 0 aliphatic heterocycles. The quantitative estimate of drug-likeness (QED) is 0.787. The number of alkyl halides is 3. The van der Waals surface area contributed by atoms with Gasteiger partial charge in [0.15, 0.2) is 0 Å². The molecule has 0 saturated carbocycles. The second-order valence-corrected chi connectivity index (χ2v) is 3.91. The predicted octanol–water partition coefficient (Wildman–Crippen LogP) is 2.64. The summed E-state index contributed by atoms with van der Waals surface area (Å²) in [6, 6.07) is 2.22. The molecular formula is C10H12F3NO. The van der Waals surface area contributed by atoms with Crippen molar-refractivity contribution >= 4 is 0 Å². The highest BCUT2D eigenvalue weighted by Gasteiger charge is 2.38. The van der Waals surface area contributed by atoms with Crippen LogP contribution in [0.1, 0.15) is 30.8 Å². The Labute approximate surface area is 85.8 Å². The number of halogens is 3. The fraction of sp³-hybridized carbons (Fsp3) is 0.500. The summed E-state index contributed by atoms with van der Waals surface area (Å²) in [5, 5.41) is 9.60. The standard InChI is InChI=1S/C10H12F3NO/c1-6-4-5-7(10(11,12)13)8(14-6)9(2,3)15/h4-5,15H,1-3H3. The molecule has 0 bridgehead atoms. The number of rotatable bonds is 1. The van der Waals surface area contributed by atoms with E-state index < -0.39 is 17.3 Å². The normalized spacial score (nSPS) is 13.0. The SMILES string of the molecule is Cc1ccc(C(F)(F)F)c(C(C)(C)O)n1. The largest absolute Gasteiger partial charge is 0.418 e. The van der Waals surface area contributed by atoms with Gasteiger partial charge in [-0.25, -0.2) is 0 Å². The van der Waals surface area contributed by atoms with Crippen LogP contribution in [0.3, 0.4) is 0 Å². The van der Waals surface area contributed by atoms with Gasteiger partial charge in [-0.05, 0) is 32.9 Å². The van der Waals surface area contributed by atoms with Crippen molar-refractivity contribution in [2.75, 3.05) is 0 Å². The molecule has 1 heterocycles. The van der Waals surface area contributed by atoms with Gasteiger partial charge in [-0.1, -0.05) is 0 Å². The number of pyridine rings is 1. The second-order valence-electron chi connectivity index (χ2n) is 3.91. The fourth-order valence-corrected chi connectivity index (χ4v) is 1.25. The van der Waals surface area contributed by atoms with Gasteiger partial charge in [-0.15, -0.1) is 0 Å². The Morgan fingerprint density at radius 3 is 2.13 bits per heavy atom. The summed E-state index contributed by atoms with van der Waals surface area (Å²) in [6.07, 6.45) is -4.49. The van der Waals surface area contributed by atoms with Gasteiger partial charge < -0.3 is 5.11 Å². The molecule has 2 nitrogen and oxygen atoms in total. The molecule has 0 aromatic carbocycles. The van der Waals surface area contributed by atoms with Crippen LogP contribution < -0.4 is 0 Å². The first kappa shape index (κ1) is 12.0. The number of aromatic nitrogens is 1. The smallest absolute Gasteiger partial charge is 0.384 e. The molecule has 1 rings (SSSR count). The number of hydrogen-bond donors (Lipinski definition) is 1. The van der Waals surface area contributed by atoms with Crippen LogP contribution in [0, 0.1) is 6.92 Å². The van der Waals surface area contributed by atoms with Gasteiger partial charge in [0.25, 0.3) is 0 Å². The van der Waals surface area contributed by atoms with E-state index in [2.05, 4.69) is 4.98 Å². The van der Waals surface area contributed by atoms with E-state index in [0.717, 1.165) is 6.07 Å². The van der Waals surface area contributed by atoms with Gasteiger partial charge in [0.1, 0.15) is 5.60 Å². The molecular weight excluding hydrogens is 207 g/mol. The first-order valence-corrected chi connectivity index (χ1v) is 4.40. The third-order valence-corrected chi connectivity index (χ3v) is 1.92. The number of hydrogen-bond acceptors (Lipinski definition) is 2. The lowest BCUT2D eigenvalue weighted by Gasteiger charge is -2.21. The minimum Gasteiger partial charge on any atom is -0.384 e. The zero-order valence-corrected chi connectivity index (χ0v) is 8.68. The number of aliphatic hydroxyl groups is 1. The average molecular weight is 219 g/mol. The highest BCUT2D eigenvalue weighted by molar-refractivity contribution is 5.29. The molecule has 1 aromatic rings. The van der Waals surface area contributed by atoms with E-state index in [4.69, 9.17) is 0 Å². The van der Waals surface area contributed by atoms with Crippen molar-refractivity contribution in [2.45, 2.75) is 32.5 Å². The molecule has 0 atom stereocenters. The monoisotopic (exact) mass is 219 g/mol. The van der Waals surface area contributed by atoms with Crippen LogP contribution >= 0.6 is 0 Å². The molecule has 0 saturated heterocycles. The Hall–Kier alpha value is -1.10. The Morgan fingerprint density at radius 1 is 1.20 bits per heavy atom. The van der Waals surface area contributed by atoms with E-state index in [1.807, 2.05) is 0 Å². The zero-order valence-electron chi connectivity index (χ0n) is 8.68. The molecule has 0 aliphatic carbocycles. The molecule has 0 radical (unpaired) electrons. The molecule has 0 fully saturated rings. The van der Waals surface area contributed by atoms with E-state index in [-0.39, 0.29) is 5.69 Å². The fourth-order valence-electron chi connectivity index (χ4n) is 1.25. The first-order valence-electron chi connectivity index (χ1n) is 4.40. The zero-order chi connectivity index (χ0) is 11.9. The molecule has 1 aromatic heterocycles. The van der Waals surface area contributed by atoms with E-state index in [1.165, 1.54) is 19.9 Å². The predicted molar refractivity (Wildman–Crippen MR) is 49.2 cm³/mol. The van der Waals surface area contributed by atoms with Crippen LogP contribution in [0.15, 0.2) is 12.1 Å². The van der Waals surface area contributed by atoms with Crippen molar-refractivity contribution in [3.63, 3.8) is 0 Å². The van der Waals surface area contributed by atoms with Crippen molar-refractivity contribution in [1.29, 1.82) is 0 Å². The van der Waals surface area contributed by atoms with E-state index in [9.17, 15) is 18.3 Å². The maximum Gasteiger partial charge on any atom is 0.418 e. The summed E-state index contributed by atoms with van der Waals surface area (Å²) in [4.78, 5) is 3.74. The Balaban J connectivity index is 3.41. The summed E-state index contributed by atoms with van der Waals surface area (Å²) in [5.74, 6) is 0. The van der Waals surface area contributed by atoms with Crippen molar-refractivity contribution in [2.24, 2.45) is 0 Å². The molecule has 0 amide bonds. The van der Waals surface area contributed by atoms with Crippen LogP contribution in [0.4, 0.5) is 13.2 Å². The van der Waals surface area contributed by atoms with Crippen LogP contribution in [0.2, 0.25) is 0 Å². The van der Waals surface area contributed by atoms with E-state index in [1.54, 1.807) is 6.92 Å². The van der Waals surface area contributed by atoms with Gasteiger partial charge in [0.05, 0.1) is 11.3 Å².